The Morgan fingerprint density at radius 3 is 2.33 bits per heavy atom. The maximum Gasteiger partial charge on any atom is 0.357 e. The average Bonchev–Trinajstić information content (AvgIpc) is 2.53. The van der Waals surface area contributed by atoms with Crippen molar-refractivity contribution in [2.75, 3.05) is 7.11 Å². The summed E-state index contributed by atoms with van der Waals surface area (Å²) in [5.41, 5.74) is 1.40. The van der Waals surface area contributed by atoms with Gasteiger partial charge in [-0.25, -0.2) is 9.78 Å². The Kier molecular flexibility index (Phi) is 8.53. The Bertz CT molecular complexity index is 547. The van der Waals surface area contributed by atoms with Gasteiger partial charge in [-0.1, -0.05) is 19.9 Å². The first-order valence-electron chi connectivity index (χ1n) is 6.74. The SMILES string of the molecule is C/C=C(\CC=O)c1ccc(C(C)=O)nc1C(=O)OC.CC. The molecule has 0 atom stereocenters. The van der Waals surface area contributed by atoms with Gasteiger partial charge in [0.05, 0.1) is 7.11 Å². The van der Waals surface area contributed by atoms with Crippen molar-refractivity contribution in [1.29, 1.82) is 0 Å². The quantitative estimate of drug-likeness (QED) is 0.473. The van der Waals surface area contributed by atoms with Crippen molar-refractivity contribution in [2.45, 2.75) is 34.1 Å². The van der Waals surface area contributed by atoms with Gasteiger partial charge in [-0.2, -0.15) is 0 Å². The minimum Gasteiger partial charge on any atom is -0.464 e. The largest absolute Gasteiger partial charge is 0.464 e. The van der Waals surface area contributed by atoms with E-state index < -0.39 is 5.97 Å². The predicted molar refractivity (Wildman–Crippen MR) is 81.3 cm³/mol. The van der Waals surface area contributed by atoms with Crippen LogP contribution in [0.15, 0.2) is 18.2 Å². The standard InChI is InChI=1S/C14H15NO4.C2H6/c1-4-10(7-8-16)11-5-6-12(9(2)17)15-13(11)14(18)19-3;1-2/h4-6,8H,7H2,1-3H3;1-2H3/b10-4+;. The molecule has 114 valence electrons. The number of nitrogens with zero attached hydrogens (tertiary/aromatic N) is 1. The molecular formula is C16H21NO4. The maximum absolute atomic E-state index is 11.7. The lowest BCUT2D eigenvalue weighted by Crippen LogP contribution is -2.11. The molecule has 0 amide bonds. The Labute approximate surface area is 125 Å². The zero-order chi connectivity index (χ0) is 16.4. The van der Waals surface area contributed by atoms with Crippen molar-refractivity contribution in [3.8, 4) is 0 Å². The van der Waals surface area contributed by atoms with Gasteiger partial charge in [0.25, 0.3) is 0 Å². The number of allylic oxidation sites excluding steroid dienone is 2. The number of pyridine rings is 1. The van der Waals surface area contributed by atoms with Crippen molar-refractivity contribution in [1.82, 2.24) is 4.98 Å². The first-order chi connectivity index (χ1) is 10.0. The molecule has 1 aromatic heterocycles. The summed E-state index contributed by atoms with van der Waals surface area (Å²) in [6.45, 7) is 7.13. The number of carbonyl (C=O) groups excluding carboxylic acids is 3. The number of aromatic nitrogens is 1. The van der Waals surface area contributed by atoms with Crippen molar-refractivity contribution in [3.63, 3.8) is 0 Å². The van der Waals surface area contributed by atoms with Crippen LogP contribution in [-0.4, -0.2) is 30.1 Å². The Balaban J connectivity index is 0.00000191. The van der Waals surface area contributed by atoms with Gasteiger partial charge >= 0.3 is 5.97 Å². The molecule has 0 saturated heterocycles. The van der Waals surface area contributed by atoms with E-state index in [1.807, 2.05) is 13.8 Å². The molecule has 0 spiro atoms. The molecule has 5 nitrogen and oxygen atoms in total. The molecule has 0 bridgehead atoms. The molecular weight excluding hydrogens is 270 g/mol. The third kappa shape index (κ3) is 4.95. The van der Waals surface area contributed by atoms with Gasteiger partial charge in [0.1, 0.15) is 12.0 Å². The lowest BCUT2D eigenvalue weighted by Gasteiger charge is -2.10. The normalized spacial score (nSPS) is 10.2. The van der Waals surface area contributed by atoms with Crippen LogP contribution in [0.25, 0.3) is 5.57 Å². The number of hydrogen-bond donors (Lipinski definition) is 0. The second-order valence-corrected chi connectivity index (χ2v) is 3.83. The summed E-state index contributed by atoms with van der Waals surface area (Å²) in [5.74, 6) is -0.877. The van der Waals surface area contributed by atoms with E-state index in [9.17, 15) is 14.4 Å². The number of hydrogen-bond acceptors (Lipinski definition) is 5. The van der Waals surface area contributed by atoms with E-state index in [1.165, 1.54) is 20.1 Å². The number of carbonyl (C=O) groups is 3. The molecule has 0 fully saturated rings. The molecule has 0 radical (unpaired) electrons. The highest BCUT2D eigenvalue weighted by atomic mass is 16.5. The summed E-state index contributed by atoms with van der Waals surface area (Å²) >= 11 is 0. The van der Waals surface area contributed by atoms with E-state index in [-0.39, 0.29) is 23.6 Å². The Morgan fingerprint density at radius 1 is 1.29 bits per heavy atom. The van der Waals surface area contributed by atoms with Crippen molar-refractivity contribution >= 4 is 23.6 Å². The minimum absolute atomic E-state index is 0.0464. The molecule has 0 aliphatic heterocycles. The van der Waals surface area contributed by atoms with Gasteiger partial charge in [-0.05, 0) is 24.6 Å². The van der Waals surface area contributed by atoms with E-state index in [0.717, 1.165) is 6.29 Å². The number of rotatable bonds is 5. The van der Waals surface area contributed by atoms with E-state index in [2.05, 4.69) is 9.72 Å². The van der Waals surface area contributed by atoms with Crippen LogP contribution in [0.5, 0.6) is 0 Å². The smallest absolute Gasteiger partial charge is 0.357 e. The van der Waals surface area contributed by atoms with Crippen LogP contribution < -0.4 is 0 Å². The Hall–Kier alpha value is -2.30. The number of methoxy groups -OCH3 is 1. The van der Waals surface area contributed by atoms with Gasteiger partial charge in [0.2, 0.25) is 0 Å². The number of Topliss-reactive ketones (excluding diaryl/α,β-unsaturated/α-hetero) is 1. The molecule has 1 aromatic rings. The van der Waals surface area contributed by atoms with Crippen LogP contribution >= 0.6 is 0 Å². The molecule has 0 N–H and O–H groups in total. The van der Waals surface area contributed by atoms with E-state index in [1.54, 1.807) is 19.1 Å². The van der Waals surface area contributed by atoms with Crippen molar-refractivity contribution in [2.24, 2.45) is 0 Å². The molecule has 1 heterocycles. The third-order valence-corrected chi connectivity index (χ3v) is 2.63. The van der Waals surface area contributed by atoms with Gasteiger partial charge in [-0.3, -0.25) is 4.79 Å². The number of ether oxygens (including phenoxy) is 1. The average molecular weight is 291 g/mol. The third-order valence-electron chi connectivity index (χ3n) is 2.63. The van der Waals surface area contributed by atoms with Crippen LogP contribution in [0.4, 0.5) is 0 Å². The topological polar surface area (TPSA) is 73.3 Å². The molecule has 0 unspecified atom stereocenters. The highest BCUT2D eigenvalue weighted by Gasteiger charge is 2.18. The zero-order valence-corrected chi connectivity index (χ0v) is 13.1. The monoisotopic (exact) mass is 291 g/mol. The zero-order valence-electron chi connectivity index (χ0n) is 13.1. The van der Waals surface area contributed by atoms with Crippen LogP contribution in [0, 0.1) is 0 Å². The van der Waals surface area contributed by atoms with Crippen LogP contribution in [0.1, 0.15) is 60.7 Å². The molecule has 0 aliphatic rings. The first-order valence-corrected chi connectivity index (χ1v) is 6.74. The number of esters is 1. The van der Waals surface area contributed by atoms with Gasteiger partial charge in [0.15, 0.2) is 11.5 Å². The minimum atomic E-state index is -0.636. The fourth-order valence-electron chi connectivity index (χ4n) is 1.64. The molecule has 21 heavy (non-hydrogen) atoms. The summed E-state index contributed by atoms with van der Waals surface area (Å²) in [4.78, 5) is 37.7. The summed E-state index contributed by atoms with van der Waals surface area (Å²) in [6.07, 6.45) is 2.64. The number of ketones is 1. The number of aldehydes is 1. The fourth-order valence-corrected chi connectivity index (χ4v) is 1.64. The van der Waals surface area contributed by atoms with Crippen molar-refractivity contribution in [3.05, 3.63) is 35.2 Å². The van der Waals surface area contributed by atoms with E-state index in [4.69, 9.17) is 0 Å². The summed E-state index contributed by atoms with van der Waals surface area (Å²) in [5, 5.41) is 0. The molecule has 5 heteroatoms. The predicted octanol–water partition coefficient (Wildman–Crippen LogP) is 3.09. The summed E-state index contributed by atoms with van der Waals surface area (Å²) in [6, 6.07) is 3.13. The van der Waals surface area contributed by atoms with Crippen LogP contribution in [0.3, 0.4) is 0 Å². The molecule has 0 saturated carbocycles. The van der Waals surface area contributed by atoms with E-state index in [0.29, 0.717) is 11.1 Å². The lowest BCUT2D eigenvalue weighted by atomic mass is 10.0. The van der Waals surface area contributed by atoms with Gasteiger partial charge < -0.3 is 9.53 Å². The molecule has 1 rings (SSSR count). The van der Waals surface area contributed by atoms with Crippen LogP contribution in [-0.2, 0) is 9.53 Å². The lowest BCUT2D eigenvalue weighted by molar-refractivity contribution is -0.107. The van der Waals surface area contributed by atoms with Gasteiger partial charge in [0, 0.05) is 18.9 Å². The molecule has 0 aliphatic carbocycles. The van der Waals surface area contributed by atoms with Crippen LogP contribution in [0.2, 0.25) is 0 Å². The highest BCUT2D eigenvalue weighted by molar-refractivity contribution is 5.98. The second kappa shape index (κ2) is 9.58. The van der Waals surface area contributed by atoms with E-state index >= 15 is 0 Å². The second-order valence-electron chi connectivity index (χ2n) is 3.83. The summed E-state index contributed by atoms with van der Waals surface area (Å²) in [7, 11) is 1.24. The highest BCUT2D eigenvalue weighted by Crippen LogP contribution is 2.21. The Morgan fingerprint density at radius 2 is 1.90 bits per heavy atom. The maximum atomic E-state index is 11.7. The van der Waals surface area contributed by atoms with Crippen molar-refractivity contribution < 1.29 is 19.1 Å². The summed E-state index contributed by atoms with van der Waals surface area (Å²) < 4.78 is 4.66. The fraction of sp³-hybridized carbons (Fsp3) is 0.375. The molecule has 0 aromatic carbocycles. The van der Waals surface area contributed by atoms with Gasteiger partial charge in [-0.15, -0.1) is 0 Å². The first kappa shape index (κ1) is 18.7.